The van der Waals surface area contributed by atoms with Crippen LogP contribution in [0.1, 0.15) is 57.2 Å². The number of carbonyl (C=O) groups excluding carboxylic acids is 1. The molecule has 0 bridgehead atoms. The highest BCUT2D eigenvalue weighted by molar-refractivity contribution is 7.10. The molecule has 1 saturated carbocycles. The van der Waals surface area contributed by atoms with Crippen molar-refractivity contribution in [3.8, 4) is 0 Å². The van der Waals surface area contributed by atoms with Gasteiger partial charge in [0, 0.05) is 24.6 Å². The summed E-state index contributed by atoms with van der Waals surface area (Å²) in [5.41, 5.74) is 0.515. The molecule has 1 amide bonds. The number of amides is 1. The molecule has 2 heterocycles. The Kier molecular flexibility index (Phi) is 6.10. The zero-order valence-corrected chi connectivity index (χ0v) is 17.6. The Hall–Kier alpha value is -0.910. The van der Waals surface area contributed by atoms with E-state index in [1.54, 1.807) is 0 Å². The summed E-state index contributed by atoms with van der Waals surface area (Å²) in [6, 6.07) is 4.47. The molecule has 1 aromatic heterocycles. The molecule has 4 nitrogen and oxygen atoms in total. The van der Waals surface area contributed by atoms with Crippen LogP contribution in [0.4, 0.5) is 0 Å². The maximum Gasteiger partial charge on any atom is 0.225 e. The molecule has 1 unspecified atom stereocenters. The van der Waals surface area contributed by atoms with Crippen molar-refractivity contribution in [3.63, 3.8) is 0 Å². The van der Waals surface area contributed by atoms with Crippen molar-refractivity contribution in [1.82, 2.24) is 9.80 Å². The smallest absolute Gasteiger partial charge is 0.225 e. The van der Waals surface area contributed by atoms with Gasteiger partial charge in [0.1, 0.15) is 0 Å². The minimum absolute atomic E-state index is 0.0237. The largest absolute Gasteiger partial charge is 0.378 e. The molecule has 5 heteroatoms. The number of carbonyl (C=O) groups is 1. The normalized spacial score (nSPS) is 30.3. The van der Waals surface area contributed by atoms with Crippen molar-refractivity contribution < 1.29 is 9.53 Å². The fraction of sp³-hybridized carbons (Fsp3) is 0.762. The van der Waals surface area contributed by atoms with E-state index in [9.17, 15) is 4.79 Å². The Morgan fingerprint density at radius 3 is 2.62 bits per heavy atom. The van der Waals surface area contributed by atoms with E-state index in [1.807, 2.05) is 25.2 Å². The molecule has 1 aliphatic heterocycles. The second kappa shape index (κ2) is 7.99. The van der Waals surface area contributed by atoms with Crippen LogP contribution in [-0.2, 0) is 15.1 Å². The second-order valence-electron chi connectivity index (χ2n) is 8.44. The maximum absolute atomic E-state index is 12.6. The van der Waals surface area contributed by atoms with Crippen LogP contribution in [0.2, 0.25) is 0 Å². The van der Waals surface area contributed by atoms with Crippen LogP contribution in [0.25, 0.3) is 0 Å². The lowest BCUT2D eigenvalue weighted by molar-refractivity contribution is -0.133. The molecular formula is C21H34N2O2S. The molecule has 2 aliphatic rings. The average Bonchev–Trinajstić information content (AvgIpc) is 3.27. The van der Waals surface area contributed by atoms with Crippen molar-refractivity contribution >= 4 is 17.2 Å². The molecule has 0 aromatic carbocycles. The van der Waals surface area contributed by atoms with Crippen LogP contribution in [0.3, 0.4) is 0 Å². The minimum atomic E-state index is 0.0237. The summed E-state index contributed by atoms with van der Waals surface area (Å²) in [5.74, 6) is 0.269. The number of hydrogen-bond acceptors (Lipinski definition) is 4. The second-order valence-corrected chi connectivity index (χ2v) is 9.39. The first kappa shape index (κ1) is 19.8. The van der Waals surface area contributed by atoms with E-state index in [4.69, 9.17) is 4.74 Å². The van der Waals surface area contributed by atoms with Crippen LogP contribution in [0.5, 0.6) is 0 Å². The molecule has 26 heavy (non-hydrogen) atoms. The molecule has 146 valence electrons. The van der Waals surface area contributed by atoms with E-state index < -0.39 is 0 Å². The van der Waals surface area contributed by atoms with Gasteiger partial charge in [-0.2, -0.15) is 0 Å². The van der Waals surface area contributed by atoms with E-state index in [0.717, 1.165) is 19.5 Å². The van der Waals surface area contributed by atoms with Gasteiger partial charge in [-0.25, -0.2) is 0 Å². The Labute approximate surface area is 162 Å². The number of hydrogen-bond donors (Lipinski definition) is 0. The van der Waals surface area contributed by atoms with Crippen LogP contribution in [0.15, 0.2) is 17.5 Å². The van der Waals surface area contributed by atoms with Gasteiger partial charge in [-0.05, 0) is 76.9 Å². The summed E-state index contributed by atoms with van der Waals surface area (Å²) in [5, 5.41) is 2.19. The molecule has 2 fully saturated rings. The molecular weight excluding hydrogens is 344 g/mol. The van der Waals surface area contributed by atoms with E-state index >= 15 is 0 Å². The van der Waals surface area contributed by atoms with E-state index in [2.05, 4.69) is 41.4 Å². The molecule has 1 aliphatic carbocycles. The van der Waals surface area contributed by atoms with Gasteiger partial charge < -0.3 is 9.64 Å². The van der Waals surface area contributed by atoms with Crippen molar-refractivity contribution in [1.29, 1.82) is 0 Å². The zero-order valence-electron chi connectivity index (χ0n) is 16.8. The van der Waals surface area contributed by atoms with Gasteiger partial charge in [0.25, 0.3) is 0 Å². The molecule has 0 N–H and O–H groups in total. The SMILES string of the molecule is CCOC(C)CC(=O)N1CCC2(CCC(c3cccs3)(N(C)C)CC2)C1. The lowest BCUT2D eigenvalue weighted by Crippen LogP contribution is -2.47. The van der Waals surface area contributed by atoms with Gasteiger partial charge >= 0.3 is 0 Å². The lowest BCUT2D eigenvalue weighted by atomic mass is 9.66. The highest BCUT2D eigenvalue weighted by atomic mass is 32.1. The van der Waals surface area contributed by atoms with Crippen molar-refractivity contribution in [2.24, 2.45) is 5.41 Å². The predicted octanol–water partition coefficient (Wildman–Crippen LogP) is 4.11. The summed E-state index contributed by atoms with van der Waals surface area (Å²) in [4.78, 5) is 18.6. The van der Waals surface area contributed by atoms with Crippen LogP contribution >= 0.6 is 11.3 Å². The van der Waals surface area contributed by atoms with E-state index in [0.29, 0.717) is 18.4 Å². The molecule has 3 rings (SSSR count). The van der Waals surface area contributed by atoms with Crippen molar-refractivity contribution in [3.05, 3.63) is 22.4 Å². The highest BCUT2D eigenvalue weighted by Gasteiger charge is 2.48. The topological polar surface area (TPSA) is 32.8 Å². The number of thiophene rings is 1. The monoisotopic (exact) mass is 378 g/mol. The van der Waals surface area contributed by atoms with Crippen LogP contribution in [0, 0.1) is 5.41 Å². The molecule has 1 atom stereocenters. The van der Waals surface area contributed by atoms with Crippen molar-refractivity contribution in [2.75, 3.05) is 33.8 Å². The number of rotatable bonds is 6. The summed E-state index contributed by atoms with van der Waals surface area (Å²) in [6.45, 7) is 6.52. The molecule has 1 spiro atoms. The fourth-order valence-electron chi connectivity index (χ4n) is 4.93. The minimum Gasteiger partial charge on any atom is -0.378 e. The summed E-state index contributed by atoms with van der Waals surface area (Å²) in [6.07, 6.45) is 6.52. The van der Waals surface area contributed by atoms with Gasteiger partial charge in [0.05, 0.1) is 18.1 Å². The van der Waals surface area contributed by atoms with E-state index in [1.165, 1.54) is 30.6 Å². The third-order valence-corrected chi connectivity index (χ3v) is 7.74. The molecule has 0 radical (unpaired) electrons. The zero-order chi connectivity index (χ0) is 18.8. The maximum atomic E-state index is 12.6. The molecule has 1 saturated heterocycles. The summed E-state index contributed by atoms with van der Waals surface area (Å²) in [7, 11) is 4.44. The Morgan fingerprint density at radius 2 is 2.04 bits per heavy atom. The summed E-state index contributed by atoms with van der Waals surface area (Å²) < 4.78 is 5.55. The van der Waals surface area contributed by atoms with Gasteiger partial charge in [0.15, 0.2) is 0 Å². The van der Waals surface area contributed by atoms with Gasteiger partial charge in [-0.1, -0.05) is 6.07 Å². The Bertz CT molecular complexity index is 591. The third kappa shape index (κ3) is 3.85. The first-order valence-corrected chi connectivity index (χ1v) is 10.9. The summed E-state index contributed by atoms with van der Waals surface area (Å²) >= 11 is 1.88. The standard InChI is InChI=1S/C21H34N2O2S/c1-5-25-17(2)15-19(24)23-13-12-20(16-23)8-10-21(11-9-20,22(3)4)18-7-6-14-26-18/h6-7,14,17H,5,8-13,15-16H2,1-4H3. The Balaban J connectivity index is 1.62. The van der Waals surface area contributed by atoms with Crippen molar-refractivity contribution in [2.45, 2.75) is 64.0 Å². The van der Waals surface area contributed by atoms with Gasteiger partial charge in [0.2, 0.25) is 5.91 Å². The van der Waals surface area contributed by atoms with Crippen LogP contribution in [-0.4, -0.2) is 55.6 Å². The number of ether oxygens (including phenoxy) is 1. The fourth-order valence-corrected chi connectivity index (χ4v) is 5.99. The highest BCUT2D eigenvalue weighted by Crippen LogP contribution is 2.52. The number of nitrogens with zero attached hydrogens (tertiary/aromatic N) is 2. The molecule has 1 aromatic rings. The predicted molar refractivity (Wildman–Crippen MR) is 107 cm³/mol. The average molecular weight is 379 g/mol. The third-order valence-electron chi connectivity index (χ3n) is 6.68. The quantitative estimate of drug-likeness (QED) is 0.747. The van der Waals surface area contributed by atoms with Gasteiger partial charge in [-0.15, -0.1) is 11.3 Å². The number of likely N-dealkylation sites (tertiary alicyclic amines) is 1. The lowest BCUT2D eigenvalue weighted by Gasteiger charge is -2.48. The van der Waals surface area contributed by atoms with Crippen LogP contribution < -0.4 is 0 Å². The van der Waals surface area contributed by atoms with E-state index in [-0.39, 0.29) is 17.6 Å². The van der Waals surface area contributed by atoms with Gasteiger partial charge in [-0.3, -0.25) is 9.69 Å². The first-order chi connectivity index (χ1) is 12.4. The first-order valence-electron chi connectivity index (χ1n) is 10.0. The Morgan fingerprint density at radius 1 is 1.31 bits per heavy atom.